The number of hydrogen-bond donors (Lipinski definition) is 2. The molecular weight excluding hydrogens is 163 g/mol. The van der Waals surface area contributed by atoms with Crippen molar-refractivity contribution >= 4 is 43.2 Å². The Kier molecular flexibility index (Phi) is 17.1. The number of rotatable bonds is 1. The van der Waals surface area contributed by atoms with Crippen molar-refractivity contribution in [1.82, 2.24) is 0 Å². The van der Waals surface area contributed by atoms with E-state index in [1.54, 1.807) is 0 Å². The summed E-state index contributed by atoms with van der Waals surface area (Å²) in [6.45, 7) is 0. The van der Waals surface area contributed by atoms with E-state index in [1.165, 1.54) is 0 Å². The molecule has 0 aromatic heterocycles. The Morgan fingerprint density at radius 2 is 1.20 bits per heavy atom. The van der Waals surface area contributed by atoms with Gasteiger partial charge in [-0.1, -0.05) is 0 Å². The van der Waals surface area contributed by atoms with Crippen LogP contribution < -0.4 is 0 Å². The van der Waals surface area contributed by atoms with Crippen molar-refractivity contribution in [2.24, 2.45) is 0 Å². The van der Waals surface area contributed by atoms with Gasteiger partial charge in [-0.3, -0.25) is 0 Å². The first-order chi connectivity index (χ1) is 1.91. The van der Waals surface area contributed by atoms with E-state index >= 15 is 0 Å². The van der Waals surface area contributed by atoms with E-state index in [0.29, 0.717) is 0 Å². The molecule has 0 aromatic rings. The van der Waals surface area contributed by atoms with Crippen LogP contribution in [0.15, 0.2) is 0 Å². The second kappa shape index (κ2) is 8.98. The molecule has 0 bridgehead atoms. The molecule has 0 aromatic carbocycles. The van der Waals surface area contributed by atoms with Gasteiger partial charge in [-0.2, -0.15) is 25.3 Å². The van der Waals surface area contributed by atoms with Crippen molar-refractivity contribution in [3.63, 3.8) is 0 Å². The molecule has 0 atom stereocenters. The van der Waals surface area contributed by atoms with Gasteiger partial charge in [-0.25, -0.2) is 0 Å². The third-order valence-corrected chi connectivity index (χ3v) is 0.900. The maximum atomic E-state index is 3.84. The van der Waals surface area contributed by atoms with Crippen molar-refractivity contribution in [3.8, 4) is 0 Å². The van der Waals surface area contributed by atoms with E-state index in [-0.39, 0.29) is 18.0 Å². The van der Waals surface area contributed by atoms with E-state index in [9.17, 15) is 0 Å². The standard InChI is InChI=1S/C2H6S2.As/c3-1-2-4;/h3-4H,1-2H2;/q;+3. The molecule has 0 saturated heterocycles. The van der Waals surface area contributed by atoms with Crippen molar-refractivity contribution < 1.29 is 0 Å². The van der Waals surface area contributed by atoms with Gasteiger partial charge in [0.15, 0.2) is 0 Å². The van der Waals surface area contributed by atoms with Crippen LogP contribution >= 0.6 is 25.3 Å². The first-order valence-corrected chi connectivity index (χ1v) is 2.40. The molecule has 0 rings (SSSR count). The minimum atomic E-state index is 0. The van der Waals surface area contributed by atoms with E-state index < -0.39 is 0 Å². The molecule has 0 aliphatic rings. The molecule has 0 saturated carbocycles. The van der Waals surface area contributed by atoms with Crippen LogP contribution in [0.2, 0.25) is 0 Å². The third-order valence-electron chi connectivity index (χ3n) is 0.1000. The van der Waals surface area contributed by atoms with Crippen LogP contribution in [0.1, 0.15) is 0 Å². The second-order valence-corrected chi connectivity index (χ2v) is 1.34. The zero-order chi connectivity index (χ0) is 3.41. The summed E-state index contributed by atoms with van der Waals surface area (Å²) >= 11 is 7.69. The number of thiol groups is 2. The van der Waals surface area contributed by atoms with Gasteiger partial charge < -0.3 is 0 Å². The van der Waals surface area contributed by atoms with Crippen LogP contribution in [-0.4, -0.2) is 29.5 Å². The minimum absolute atomic E-state index is 0. The fraction of sp³-hybridized carbons (Fsp3) is 1.00. The maximum absolute atomic E-state index is 3.84. The molecule has 3 heteroatoms. The SMILES string of the molecule is SCCS.[As+3]. The molecule has 0 fully saturated rings. The Morgan fingerprint density at radius 3 is 1.20 bits per heavy atom. The Morgan fingerprint density at radius 1 is 1.00 bits per heavy atom. The monoisotopic (exact) mass is 169 g/mol. The molecule has 0 nitrogen and oxygen atoms in total. The smallest absolute Gasteiger partial charge is 0.179 e. The summed E-state index contributed by atoms with van der Waals surface area (Å²) in [5.74, 6) is 1.76. The average Bonchev–Trinajstić information content (AvgIpc) is 1.37. The fourth-order valence-corrected chi connectivity index (χ4v) is 0. The fourth-order valence-electron chi connectivity index (χ4n) is 0. The summed E-state index contributed by atoms with van der Waals surface area (Å²) in [4.78, 5) is 0. The Labute approximate surface area is 54.9 Å². The van der Waals surface area contributed by atoms with Gasteiger partial charge in [-0.05, 0) is 11.5 Å². The van der Waals surface area contributed by atoms with Crippen LogP contribution in [0.3, 0.4) is 0 Å². The van der Waals surface area contributed by atoms with E-state index in [2.05, 4.69) is 25.3 Å². The largest absolute Gasteiger partial charge is 3.00 e. The summed E-state index contributed by atoms with van der Waals surface area (Å²) in [6, 6.07) is 0. The van der Waals surface area contributed by atoms with Gasteiger partial charge in [0.25, 0.3) is 0 Å². The van der Waals surface area contributed by atoms with Crippen LogP contribution in [-0.2, 0) is 0 Å². The van der Waals surface area contributed by atoms with Gasteiger partial charge in [0.1, 0.15) is 0 Å². The summed E-state index contributed by atoms with van der Waals surface area (Å²) in [5, 5.41) is 0. The van der Waals surface area contributed by atoms with Crippen LogP contribution in [0.5, 0.6) is 0 Å². The van der Waals surface area contributed by atoms with Gasteiger partial charge in [0.2, 0.25) is 0 Å². The average molecular weight is 169 g/mol. The molecule has 5 heavy (non-hydrogen) atoms. The first-order valence-electron chi connectivity index (χ1n) is 1.13. The maximum Gasteiger partial charge on any atom is 3.00 e. The Bertz CT molecular complexity index is 9.61. The van der Waals surface area contributed by atoms with Crippen LogP contribution in [0.25, 0.3) is 0 Å². The molecule has 0 aliphatic carbocycles. The molecule has 0 amide bonds. The van der Waals surface area contributed by atoms with E-state index in [0.717, 1.165) is 11.5 Å². The van der Waals surface area contributed by atoms with E-state index in [4.69, 9.17) is 0 Å². The van der Waals surface area contributed by atoms with Gasteiger partial charge in [-0.15, -0.1) is 0 Å². The molecule has 0 unspecified atom stereocenters. The predicted molar refractivity (Wildman–Crippen MR) is 33.5 cm³/mol. The normalized spacial score (nSPS) is 6.00. The summed E-state index contributed by atoms with van der Waals surface area (Å²) in [5.41, 5.74) is 0. The first kappa shape index (κ1) is 9.54. The molecule has 0 spiro atoms. The van der Waals surface area contributed by atoms with Crippen molar-refractivity contribution in [2.45, 2.75) is 0 Å². The molecule has 0 N–H and O–H groups in total. The molecule has 2 radical (unpaired) electrons. The van der Waals surface area contributed by atoms with Crippen molar-refractivity contribution in [2.75, 3.05) is 11.5 Å². The predicted octanol–water partition coefficient (Wildman–Crippen LogP) is 0.465. The molecule has 28 valence electrons. The van der Waals surface area contributed by atoms with Crippen LogP contribution in [0.4, 0.5) is 0 Å². The number of hydrogen-bond acceptors (Lipinski definition) is 2. The molecular formula is C2H6AsS2+3. The van der Waals surface area contributed by atoms with Crippen LogP contribution in [0, 0.1) is 0 Å². The minimum Gasteiger partial charge on any atom is -0.179 e. The third kappa shape index (κ3) is 10.9. The second-order valence-electron chi connectivity index (χ2n) is 0.447. The molecule has 0 aliphatic heterocycles. The van der Waals surface area contributed by atoms with Crippen molar-refractivity contribution in [3.05, 3.63) is 0 Å². The van der Waals surface area contributed by atoms with Gasteiger partial charge in [0, 0.05) is 0 Å². The quantitative estimate of drug-likeness (QED) is 0.413. The van der Waals surface area contributed by atoms with Gasteiger partial charge >= 0.3 is 18.0 Å². The summed E-state index contributed by atoms with van der Waals surface area (Å²) in [7, 11) is 0. The Hall–Kier alpha value is 1.26. The summed E-state index contributed by atoms with van der Waals surface area (Å²) in [6.07, 6.45) is 0. The van der Waals surface area contributed by atoms with Crippen molar-refractivity contribution in [1.29, 1.82) is 0 Å². The zero-order valence-corrected chi connectivity index (χ0v) is 6.42. The summed E-state index contributed by atoms with van der Waals surface area (Å²) < 4.78 is 0. The molecule has 0 heterocycles. The Balaban J connectivity index is 0. The topological polar surface area (TPSA) is 0 Å². The van der Waals surface area contributed by atoms with Gasteiger partial charge in [0.05, 0.1) is 0 Å². The zero-order valence-electron chi connectivity index (χ0n) is 2.76. The van der Waals surface area contributed by atoms with E-state index in [1.807, 2.05) is 0 Å².